The molecule has 19 heavy (non-hydrogen) atoms. The molecule has 0 aliphatic carbocycles. The Labute approximate surface area is 110 Å². The van der Waals surface area contributed by atoms with Gasteiger partial charge in [-0.05, 0) is 36.4 Å². The normalized spacial score (nSPS) is 11.2. The molecule has 0 radical (unpaired) electrons. The van der Waals surface area contributed by atoms with Gasteiger partial charge in [0.2, 0.25) is 0 Å². The number of aliphatic hydroxyl groups is 2. The first-order valence-corrected chi connectivity index (χ1v) is 6.02. The molecule has 0 aliphatic heterocycles. The van der Waals surface area contributed by atoms with E-state index in [-0.39, 0.29) is 25.1 Å². The molecule has 1 aromatic carbocycles. The quantitative estimate of drug-likeness (QED) is 0.741. The highest BCUT2D eigenvalue weighted by Crippen LogP contribution is 2.22. The van der Waals surface area contributed by atoms with Crippen LogP contribution in [0.1, 0.15) is 5.76 Å². The summed E-state index contributed by atoms with van der Waals surface area (Å²) in [6, 6.07) is 9.30. The van der Waals surface area contributed by atoms with Crippen LogP contribution < -0.4 is 5.32 Å². The molecule has 4 nitrogen and oxygen atoms in total. The Morgan fingerprint density at radius 2 is 1.74 bits per heavy atom. The Morgan fingerprint density at radius 1 is 1.05 bits per heavy atom. The van der Waals surface area contributed by atoms with E-state index in [2.05, 4.69) is 5.32 Å². The van der Waals surface area contributed by atoms with Gasteiger partial charge in [0.1, 0.15) is 17.3 Å². The van der Waals surface area contributed by atoms with E-state index in [9.17, 15) is 4.39 Å². The number of halogens is 1. The maximum Gasteiger partial charge on any atom is 0.134 e. The van der Waals surface area contributed by atoms with Gasteiger partial charge in [-0.3, -0.25) is 0 Å². The number of rotatable bonds is 6. The van der Waals surface area contributed by atoms with Gasteiger partial charge in [-0.25, -0.2) is 4.39 Å². The summed E-state index contributed by atoms with van der Waals surface area (Å²) in [5.41, 5.74) is 0.800. The molecule has 3 N–H and O–H groups in total. The smallest absolute Gasteiger partial charge is 0.134 e. The molecule has 0 atom stereocenters. The van der Waals surface area contributed by atoms with E-state index < -0.39 is 0 Å². The van der Waals surface area contributed by atoms with Crippen LogP contribution in [-0.2, 0) is 6.54 Å². The van der Waals surface area contributed by atoms with Crippen LogP contribution in [-0.4, -0.2) is 29.5 Å². The molecule has 0 fully saturated rings. The highest BCUT2D eigenvalue weighted by molar-refractivity contribution is 5.57. The monoisotopic (exact) mass is 265 g/mol. The zero-order chi connectivity index (χ0) is 13.7. The van der Waals surface area contributed by atoms with Crippen molar-refractivity contribution in [1.29, 1.82) is 0 Å². The van der Waals surface area contributed by atoms with E-state index in [1.165, 1.54) is 12.1 Å². The summed E-state index contributed by atoms with van der Waals surface area (Å²) in [7, 11) is 0. The molecule has 0 unspecified atom stereocenters. The van der Waals surface area contributed by atoms with Crippen molar-refractivity contribution < 1.29 is 19.0 Å². The van der Waals surface area contributed by atoms with Crippen LogP contribution >= 0.6 is 0 Å². The highest BCUT2D eigenvalue weighted by atomic mass is 19.1. The summed E-state index contributed by atoms with van der Waals surface area (Å²) in [4.78, 5) is 0. The standard InChI is InChI=1S/C14H16FNO3/c15-11-3-1-10(2-4-11)14-6-5-13(19-14)7-16-12(8-17)9-18/h1-6,12,16-18H,7-9H2. The van der Waals surface area contributed by atoms with Crippen molar-refractivity contribution in [3.8, 4) is 11.3 Å². The molecule has 1 heterocycles. The van der Waals surface area contributed by atoms with Gasteiger partial charge in [-0.15, -0.1) is 0 Å². The van der Waals surface area contributed by atoms with Crippen LogP contribution in [0, 0.1) is 5.82 Å². The van der Waals surface area contributed by atoms with Crippen molar-refractivity contribution >= 4 is 0 Å². The number of furan rings is 1. The zero-order valence-corrected chi connectivity index (χ0v) is 10.3. The van der Waals surface area contributed by atoms with E-state index in [1.807, 2.05) is 0 Å². The average molecular weight is 265 g/mol. The number of hydrogen-bond acceptors (Lipinski definition) is 4. The topological polar surface area (TPSA) is 65.6 Å². The Kier molecular flexibility index (Phi) is 4.68. The fourth-order valence-corrected chi connectivity index (χ4v) is 1.67. The first kappa shape index (κ1) is 13.7. The van der Waals surface area contributed by atoms with Gasteiger partial charge in [0.25, 0.3) is 0 Å². The molecule has 2 rings (SSSR count). The van der Waals surface area contributed by atoms with Crippen LogP contribution in [0.15, 0.2) is 40.8 Å². The lowest BCUT2D eigenvalue weighted by Gasteiger charge is -2.11. The van der Waals surface area contributed by atoms with Crippen LogP contribution in [0.25, 0.3) is 11.3 Å². The van der Waals surface area contributed by atoms with E-state index >= 15 is 0 Å². The summed E-state index contributed by atoms with van der Waals surface area (Å²) >= 11 is 0. The predicted molar refractivity (Wildman–Crippen MR) is 68.9 cm³/mol. The molecule has 0 amide bonds. The first-order chi connectivity index (χ1) is 9.22. The molecule has 0 saturated heterocycles. The molecule has 0 spiro atoms. The minimum absolute atomic E-state index is 0.137. The van der Waals surface area contributed by atoms with Gasteiger partial charge in [0, 0.05) is 5.56 Å². The number of hydrogen-bond donors (Lipinski definition) is 3. The molecule has 0 aliphatic rings. The lowest BCUT2D eigenvalue weighted by atomic mass is 10.2. The van der Waals surface area contributed by atoms with Gasteiger partial charge >= 0.3 is 0 Å². The van der Waals surface area contributed by atoms with Gasteiger partial charge < -0.3 is 19.9 Å². The molecular formula is C14H16FNO3. The fraction of sp³-hybridized carbons (Fsp3) is 0.286. The molecular weight excluding hydrogens is 249 g/mol. The first-order valence-electron chi connectivity index (χ1n) is 6.02. The molecule has 0 saturated carbocycles. The third-order valence-corrected chi connectivity index (χ3v) is 2.80. The Morgan fingerprint density at radius 3 is 2.37 bits per heavy atom. The Hall–Kier alpha value is -1.69. The molecule has 1 aromatic heterocycles. The van der Waals surface area contributed by atoms with Crippen molar-refractivity contribution in [1.82, 2.24) is 5.32 Å². The summed E-state index contributed by atoms with van der Waals surface area (Å²) in [5, 5.41) is 20.8. The molecule has 2 aromatic rings. The summed E-state index contributed by atoms with van der Waals surface area (Å²) in [5.74, 6) is 1.05. The van der Waals surface area contributed by atoms with Gasteiger partial charge in [-0.1, -0.05) is 0 Å². The van der Waals surface area contributed by atoms with Crippen LogP contribution in [0.4, 0.5) is 4.39 Å². The second kappa shape index (κ2) is 6.47. The molecule has 102 valence electrons. The number of benzene rings is 1. The zero-order valence-electron chi connectivity index (χ0n) is 10.3. The van der Waals surface area contributed by atoms with Crippen molar-refractivity contribution in [3.05, 3.63) is 48.0 Å². The van der Waals surface area contributed by atoms with Gasteiger partial charge in [0.15, 0.2) is 0 Å². The van der Waals surface area contributed by atoms with Crippen LogP contribution in [0.2, 0.25) is 0 Å². The largest absolute Gasteiger partial charge is 0.460 e. The summed E-state index contributed by atoms with van der Waals surface area (Å²) in [6.07, 6.45) is 0. The maximum atomic E-state index is 12.8. The minimum atomic E-state index is -0.362. The second-order valence-electron chi connectivity index (χ2n) is 4.22. The SMILES string of the molecule is OCC(CO)NCc1ccc(-c2ccc(F)cc2)o1. The van der Waals surface area contributed by atoms with Crippen molar-refractivity contribution in [2.45, 2.75) is 12.6 Å². The third kappa shape index (κ3) is 3.64. The van der Waals surface area contributed by atoms with E-state index in [1.54, 1.807) is 24.3 Å². The summed E-state index contributed by atoms with van der Waals surface area (Å²) in [6.45, 7) is 0.136. The lowest BCUT2D eigenvalue weighted by Crippen LogP contribution is -2.35. The van der Waals surface area contributed by atoms with E-state index in [0.717, 1.165) is 5.56 Å². The van der Waals surface area contributed by atoms with E-state index in [4.69, 9.17) is 14.6 Å². The predicted octanol–water partition coefficient (Wildman–Crippen LogP) is 1.53. The Bertz CT molecular complexity index is 506. The van der Waals surface area contributed by atoms with Crippen molar-refractivity contribution in [3.63, 3.8) is 0 Å². The van der Waals surface area contributed by atoms with Crippen LogP contribution in [0.3, 0.4) is 0 Å². The maximum absolute atomic E-state index is 12.8. The highest BCUT2D eigenvalue weighted by Gasteiger charge is 2.08. The molecule has 0 bridgehead atoms. The van der Waals surface area contributed by atoms with Crippen molar-refractivity contribution in [2.75, 3.05) is 13.2 Å². The average Bonchev–Trinajstić information content (AvgIpc) is 2.89. The van der Waals surface area contributed by atoms with Crippen LogP contribution in [0.5, 0.6) is 0 Å². The van der Waals surface area contributed by atoms with Crippen molar-refractivity contribution in [2.24, 2.45) is 0 Å². The minimum Gasteiger partial charge on any atom is -0.460 e. The second-order valence-corrected chi connectivity index (χ2v) is 4.22. The summed E-state index contributed by atoms with van der Waals surface area (Å²) < 4.78 is 18.4. The number of aliphatic hydroxyl groups excluding tert-OH is 2. The fourth-order valence-electron chi connectivity index (χ4n) is 1.67. The third-order valence-electron chi connectivity index (χ3n) is 2.80. The van der Waals surface area contributed by atoms with Gasteiger partial charge in [-0.2, -0.15) is 0 Å². The van der Waals surface area contributed by atoms with E-state index in [0.29, 0.717) is 18.1 Å². The Balaban J connectivity index is 2.01. The van der Waals surface area contributed by atoms with Gasteiger partial charge in [0.05, 0.1) is 25.8 Å². The number of nitrogens with one attached hydrogen (secondary N) is 1. The lowest BCUT2D eigenvalue weighted by molar-refractivity contribution is 0.168. The molecule has 5 heteroatoms.